The lowest BCUT2D eigenvalue weighted by Gasteiger charge is -2.27. The molecule has 0 saturated heterocycles. The molecule has 10 heteroatoms. The lowest BCUT2D eigenvalue weighted by molar-refractivity contribution is -0.142. The number of ether oxygens (including phenoxy) is 1. The van der Waals surface area contributed by atoms with Crippen LogP contribution in [0, 0.1) is 5.92 Å². The standard InChI is InChI=1S/C17H28N4O5.ClH/c1-6-10(2)13(21-16(25)26-17(3,4)5)14(22)20-12(15(23)24)7-11-8-18-9-19-11;/h8-10,12-13H,6-7H2,1-5H3,(H,18,19)(H,20,22)(H,21,25)(H,23,24);1H. The van der Waals surface area contributed by atoms with Gasteiger partial charge in [-0.3, -0.25) is 4.79 Å². The zero-order chi connectivity index (χ0) is 19.9. The Morgan fingerprint density at radius 2 is 1.93 bits per heavy atom. The van der Waals surface area contributed by atoms with Gasteiger partial charge in [0.15, 0.2) is 0 Å². The number of amides is 2. The first kappa shape index (κ1) is 24.7. The molecule has 27 heavy (non-hydrogen) atoms. The number of aromatic nitrogens is 2. The van der Waals surface area contributed by atoms with E-state index in [-0.39, 0.29) is 24.7 Å². The molecular weight excluding hydrogens is 376 g/mol. The SMILES string of the molecule is CCC(C)C(NC(=O)OC(C)(C)C)C(=O)NC(Cc1cnc[nH]1)C(=O)O.Cl. The topological polar surface area (TPSA) is 133 Å². The summed E-state index contributed by atoms with van der Waals surface area (Å²) in [6, 6.07) is -2.05. The van der Waals surface area contributed by atoms with E-state index in [1.807, 2.05) is 6.92 Å². The summed E-state index contributed by atoms with van der Waals surface area (Å²) < 4.78 is 5.19. The second-order valence-electron chi connectivity index (χ2n) is 7.19. The number of aliphatic carboxylic acids is 1. The van der Waals surface area contributed by atoms with Crippen molar-refractivity contribution < 1.29 is 24.2 Å². The van der Waals surface area contributed by atoms with Gasteiger partial charge in [0.1, 0.15) is 17.7 Å². The third-order valence-electron chi connectivity index (χ3n) is 3.76. The minimum absolute atomic E-state index is 0. The molecule has 1 heterocycles. The Balaban J connectivity index is 0.00000676. The summed E-state index contributed by atoms with van der Waals surface area (Å²) in [6.45, 7) is 8.83. The van der Waals surface area contributed by atoms with Gasteiger partial charge in [0, 0.05) is 18.3 Å². The minimum atomic E-state index is -1.17. The first-order chi connectivity index (χ1) is 12.0. The number of nitrogens with zero attached hydrogens (tertiary/aromatic N) is 1. The molecule has 1 rings (SSSR count). The highest BCUT2D eigenvalue weighted by atomic mass is 35.5. The molecule has 1 aromatic heterocycles. The van der Waals surface area contributed by atoms with Crippen LogP contribution in [0.4, 0.5) is 4.79 Å². The predicted octanol–water partition coefficient (Wildman–Crippen LogP) is 1.88. The normalized spacial score (nSPS) is 14.3. The fourth-order valence-electron chi connectivity index (χ4n) is 2.21. The van der Waals surface area contributed by atoms with Gasteiger partial charge in [-0.15, -0.1) is 12.4 Å². The van der Waals surface area contributed by atoms with Gasteiger partial charge in [-0.25, -0.2) is 14.6 Å². The number of hydrogen-bond acceptors (Lipinski definition) is 5. The van der Waals surface area contributed by atoms with Crippen LogP contribution in [-0.4, -0.2) is 50.7 Å². The molecule has 0 bridgehead atoms. The smallest absolute Gasteiger partial charge is 0.408 e. The summed E-state index contributed by atoms with van der Waals surface area (Å²) in [7, 11) is 0. The number of imidazole rings is 1. The van der Waals surface area contributed by atoms with Crippen LogP contribution < -0.4 is 10.6 Å². The van der Waals surface area contributed by atoms with E-state index in [0.29, 0.717) is 12.1 Å². The Kier molecular flexibility index (Phi) is 9.85. The molecule has 0 radical (unpaired) electrons. The molecular formula is C17H29ClN4O5. The summed E-state index contributed by atoms with van der Waals surface area (Å²) in [5.74, 6) is -1.95. The van der Waals surface area contributed by atoms with Crippen LogP contribution in [0.3, 0.4) is 0 Å². The van der Waals surface area contributed by atoms with E-state index in [9.17, 15) is 19.5 Å². The Hall–Kier alpha value is -2.29. The monoisotopic (exact) mass is 404 g/mol. The van der Waals surface area contributed by atoms with E-state index < -0.39 is 35.7 Å². The quantitative estimate of drug-likeness (QED) is 0.522. The molecule has 0 aliphatic carbocycles. The van der Waals surface area contributed by atoms with Crippen molar-refractivity contribution in [3.63, 3.8) is 0 Å². The molecule has 0 aliphatic rings. The molecule has 154 valence electrons. The molecule has 0 aromatic carbocycles. The van der Waals surface area contributed by atoms with Crippen LogP contribution in [0.1, 0.15) is 46.7 Å². The summed E-state index contributed by atoms with van der Waals surface area (Å²) in [5, 5.41) is 14.4. The van der Waals surface area contributed by atoms with Crippen molar-refractivity contribution in [3.8, 4) is 0 Å². The van der Waals surface area contributed by atoms with E-state index in [1.165, 1.54) is 12.5 Å². The molecule has 2 amide bonds. The van der Waals surface area contributed by atoms with Crippen LogP contribution in [0.25, 0.3) is 0 Å². The van der Waals surface area contributed by atoms with Crippen molar-refractivity contribution in [2.45, 2.75) is 65.1 Å². The number of carboxylic acid groups (broad SMARTS) is 1. The summed E-state index contributed by atoms with van der Waals surface area (Å²) >= 11 is 0. The summed E-state index contributed by atoms with van der Waals surface area (Å²) in [4.78, 5) is 42.7. The second-order valence-corrected chi connectivity index (χ2v) is 7.19. The molecule has 0 fully saturated rings. The van der Waals surface area contributed by atoms with Gasteiger partial charge in [-0.1, -0.05) is 20.3 Å². The third-order valence-corrected chi connectivity index (χ3v) is 3.76. The minimum Gasteiger partial charge on any atom is -0.480 e. The van der Waals surface area contributed by atoms with Gasteiger partial charge in [0.05, 0.1) is 6.33 Å². The average Bonchev–Trinajstić information content (AvgIpc) is 3.02. The van der Waals surface area contributed by atoms with Crippen molar-refractivity contribution in [1.82, 2.24) is 20.6 Å². The van der Waals surface area contributed by atoms with Crippen molar-refractivity contribution in [2.24, 2.45) is 5.92 Å². The Labute approximate surface area is 165 Å². The number of carboxylic acids is 1. The fraction of sp³-hybridized carbons (Fsp3) is 0.647. The van der Waals surface area contributed by atoms with Gasteiger partial charge in [-0.05, 0) is 26.7 Å². The lowest BCUT2D eigenvalue weighted by Crippen LogP contribution is -2.55. The van der Waals surface area contributed by atoms with Crippen LogP contribution in [0.15, 0.2) is 12.5 Å². The summed E-state index contributed by atoms with van der Waals surface area (Å²) in [5.41, 5.74) is -0.122. The van der Waals surface area contributed by atoms with Gasteiger partial charge in [0.25, 0.3) is 0 Å². The number of H-pyrrole nitrogens is 1. The van der Waals surface area contributed by atoms with E-state index in [1.54, 1.807) is 27.7 Å². The largest absolute Gasteiger partial charge is 0.480 e. The zero-order valence-electron chi connectivity index (χ0n) is 16.2. The molecule has 0 spiro atoms. The molecule has 1 aromatic rings. The number of carbonyl (C=O) groups excluding carboxylic acids is 2. The Bertz CT molecular complexity index is 615. The highest BCUT2D eigenvalue weighted by Gasteiger charge is 2.31. The van der Waals surface area contributed by atoms with Crippen LogP contribution in [-0.2, 0) is 20.7 Å². The molecule has 0 saturated carbocycles. The number of alkyl carbamates (subject to hydrolysis) is 1. The van der Waals surface area contributed by atoms with E-state index in [0.717, 1.165) is 0 Å². The van der Waals surface area contributed by atoms with Gasteiger partial charge in [-0.2, -0.15) is 0 Å². The molecule has 3 unspecified atom stereocenters. The first-order valence-corrected chi connectivity index (χ1v) is 8.53. The average molecular weight is 405 g/mol. The number of nitrogens with one attached hydrogen (secondary N) is 3. The summed E-state index contributed by atoms with van der Waals surface area (Å²) in [6.07, 6.45) is 2.88. The second kappa shape index (κ2) is 10.8. The fourth-order valence-corrected chi connectivity index (χ4v) is 2.21. The van der Waals surface area contributed by atoms with Crippen molar-refractivity contribution in [2.75, 3.05) is 0 Å². The molecule has 9 nitrogen and oxygen atoms in total. The zero-order valence-corrected chi connectivity index (χ0v) is 17.1. The van der Waals surface area contributed by atoms with Crippen molar-refractivity contribution >= 4 is 30.4 Å². The lowest BCUT2D eigenvalue weighted by atomic mass is 9.98. The molecule has 4 N–H and O–H groups in total. The van der Waals surface area contributed by atoms with Crippen LogP contribution in [0.2, 0.25) is 0 Å². The van der Waals surface area contributed by atoms with E-state index in [4.69, 9.17) is 4.74 Å². The number of hydrogen-bond donors (Lipinski definition) is 4. The Morgan fingerprint density at radius 1 is 1.30 bits per heavy atom. The highest BCUT2D eigenvalue weighted by molar-refractivity contribution is 5.89. The van der Waals surface area contributed by atoms with Gasteiger partial charge in [0.2, 0.25) is 5.91 Å². The third kappa shape index (κ3) is 8.76. The number of aromatic amines is 1. The van der Waals surface area contributed by atoms with Crippen molar-refractivity contribution in [1.29, 1.82) is 0 Å². The van der Waals surface area contributed by atoms with Crippen molar-refractivity contribution in [3.05, 3.63) is 18.2 Å². The van der Waals surface area contributed by atoms with Gasteiger partial charge < -0.3 is 25.5 Å². The molecule has 0 aliphatic heterocycles. The maximum atomic E-state index is 12.6. The maximum Gasteiger partial charge on any atom is 0.408 e. The van der Waals surface area contributed by atoms with Crippen LogP contribution in [0.5, 0.6) is 0 Å². The number of carbonyl (C=O) groups is 3. The van der Waals surface area contributed by atoms with E-state index in [2.05, 4.69) is 20.6 Å². The first-order valence-electron chi connectivity index (χ1n) is 8.53. The van der Waals surface area contributed by atoms with E-state index >= 15 is 0 Å². The number of rotatable bonds is 8. The maximum absolute atomic E-state index is 12.6. The predicted molar refractivity (Wildman–Crippen MR) is 102 cm³/mol. The Morgan fingerprint density at radius 3 is 2.37 bits per heavy atom. The highest BCUT2D eigenvalue weighted by Crippen LogP contribution is 2.12. The number of halogens is 1. The molecule has 3 atom stereocenters. The van der Waals surface area contributed by atoms with Crippen LogP contribution >= 0.6 is 12.4 Å². The van der Waals surface area contributed by atoms with Gasteiger partial charge >= 0.3 is 12.1 Å².